The lowest BCUT2D eigenvalue weighted by Gasteiger charge is -2.09. The lowest BCUT2D eigenvalue weighted by Crippen LogP contribution is -2.24. The first-order valence-corrected chi connectivity index (χ1v) is 9.57. The standard InChI is InChI=1S/C23H21N5O2/c1-15-8-7-10-18(16(15)2)26-23(30)21-27-20(19-11-4-6-13-28(19)21)22(29)25-14-17-9-3-5-12-24-17/h3-13H,14H2,1-2H3,(H,25,29)(H,26,30). The van der Waals surface area contributed by atoms with E-state index < -0.39 is 0 Å². The summed E-state index contributed by atoms with van der Waals surface area (Å²) in [7, 11) is 0. The Labute approximate surface area is 173 Å². The fourth-order valence-electron chi connectivity index (χ4n) is 3.19. The number of carbonyl (C=O) groups is 2. The number of hydrogen-bond donors (Lipinski definition) is 2. The minimum atomic E-state index is -0.381. The molecule has 0 atom stereocenters. The first kappa shape index (κ1) is 19.3. The summed E-state index contributed by atoms with van der Waals surface area (Å²) in [6.45, 7) is 4.21. The maximum atomic E-state index is 13.0. The van der Waals surface area contributed by atoms with E-state index in [0.717, 1.165) is 16.8 Å². The zero-order valence-electron chi connectivity index (χ0n) is 16.7. The second-order valence-corrected chi connectivity index (χ2v) is 6.95. The fraction of sp³-hybridized carbons (Fsp3) is 0.130. The van der Waals surface area contributed by atoms with Gasteiger partial charge in [-0.05, 0) is 55.3 Å². The predicted octanol–water partition coefficient (Wildman–Crippen LogP) is 3.53. The normalized spacial score (nSPS) is 10.7. The van der Waals surface area contributed by atoms with Crippen molar-refractivity contribution < 1.29 is 9.59 Å². The van der Waals surface area contributed by atoms with Crippen LogP contribution in [0.4, 0.5) is 5.69 Å². The van der Waals surface area contributed by atoms with Crippen molar-refractivity contribution in [3.63, 3.8) is 0 Å². The SMILES string of the molecule is Cc1cccc(NC(=O)c2nc(C(=O)NCc3ccccn3)c3ccccn23)c1C. The van der Waals surface area contributed by atoms with Crippen molar-refractivity contribution in [2.45, 2.75) is 20.4 Å². The van der Waals surface area contributed by atoms with Crippen LogP contribution in [0.3, 0.4) is 0 Å². The molecule has 7 nitrogen and oxygen atoms in total. The Bertz CT molecular complexity index is 1230. The fourth-order valence-corrected chi connectivity index (χ4v) is 3.19. The van der Waals surface area contributed by atoms with Crippen molar-refractivity contribution in [3.05, 3.63) is 95.3 Å². The van der Waals surface area contributed by atoms with Crippen molar-refractivity contribution in [1.82, 2.24) is 19.7 Å². The number of imidazole rings is 1. The summed E-state index contributed by atoms with van der Waals surface area (Å²) in [5.74, 6) is -0.599. The van der Waals surface area contributed by atoms with Crippen LogP contribution in [0.1, 0.15) is 37.9 Å². The smallest absolute Gasteiger partial charge is 0.292 e. The van der Waals surface area contributed by atoms with Crippen LogP contribution in [-0.2, 0) is 6.54 Å². The molecule has 2 N–H and O–H groups in total. The molecule has 0 radical (unpaired) electrons. The van der Waals surface area contributed by atoms with Crippen LogP contribution in [0.15, 0.2) is 67.0 Å². The van der Waals surface area contributed by atoms with Gasteiger partial charge in [0.2, 0.25) is 5.82 Å². The van der Waals surface area contributed by atoms with Crippen LogP contribution in [0.25, 0.3) is 5.52 Å². The Morgan fingerprint density at radius 1 is 0.967 bits per heavy atom. The molecular formula is C23H21N5O2. The molecule has 30 heavy (non-hydrogen) atoms. The predicted molar refractivity (Wildman–Crippen MR) is 114 cm³/mol. The number of nitrogens with zero attached hydrogens (tertiary/aromatic N) is 3. The molecule has 2 amide bonds. The molecule has 0 aliphatic carbocycles. The van der Waals surface area contributed by atoms with E-state index in [1.807, 2.05) is 50.2 Å². The first-order valence-electron chi connectivity index (χ1n) is 9.57. The van der Waals surface area contributed by atoms with Crippen LogP contribution in [0, 0.1) is 13.8 Å². The van der Waals surface area contributed by atoms with E-state index in [9.17, 15) is 9.59 Å². The van der Waals surface area contributed by atoms with Crippen LogP contribution in [0.5, 0.6) is 0 Å². The number of rotatable bonds is 5. The number of carbonyl (C=O) groups excluding carboxylic acids is 2. The van der Waals surface area contributed by atoms with Crippen LogP contribution >= 0.6 is 0 Å². The molecular weight excluding hydrogens is 378 g/mol. The van der Waals surface area contributed by atoms with Gasteiger partial charge in [0.15, 0.2) is 5.69 Å². The molecule has 0 saturated heterocycles. The summed E-state index contributed by atoms with van der Waals surface area (Å²) in [4.78, 5) is 34.3. The highest BCUT2D eigenvalue weighted by atomic mass is 16.2. The topological polar surface area (TPSA) is 88.4 Å². The van der Waals surface area contributed by atoms with Crippen molar-refractivity contribution in [2.24, 2.45) is 0 Å². The number of benzene rings is 1. The van der Waals surface area contributed by atoms with Gasteiger partial charge in [0.1, 0.15) is 0 Å². The third-order valence-corrected chi connectivity index (χ3v) is 4.98. The zero-order valence-corrected chi connectivity index (χ0v) is 16.7. The lowest BCUT2D eigenvalue weighted by molar-refractivity contribution is 0.0947. The van der Waals surface area contributed by atoms with Gasteiger partial charge in [-0.2, -0.15) is 0 Å². The number of fused-ring (bicyclic) bond motifs is 1. The Hall–Kier alpha value is -4.00. The van der Waals surface area contributed by atoms with Gasteiger partial charge >= 0.3 is 0 Å². The minimum absolute atomic E-state index is 0.148. The Balaban J connectivity index is 1.62. The molecule has 0 aliphatic heterocycles. The van der Waals surface area contributed by atoms with E-state index in [2.05, 4.69) is 20.6 Å². The number of hydrogen-bond acceptors (Lipinski definition) is 4. The summed E-state index contributed by atoms with van der Waals surface area (Å²) >= 11 is 0. The highest BCUT2D eigenvalue weighted by molar-refractivity contribution is 6.06. The van der Waals surface area contributed by atoms with Gasteiger partial charge in [0, 0.05) is 18.1 Å². The molecule has 0 fully saturated rings. The molecule has 0 spiro atoms. The highest BCUT2D eigenvalue weighted by Crippen LogP contribution is 2.20. The third-order valence-electron chi connectivity index (χ3n) is 4.98. The van der Waals surface area contributed by atoms with Gasteiger partial charge in [-0.15, -0.1) is 0 Å². The van der Waals surface area contributed by atoms with E-state index >= 15 is 0 Å². The molecule has 0 aliphatic rings. The maximum absolute atomic E-state index is 13.0. The number of anilines is 1. The summed E-state index contributed by atoms with van der Waals surface area (Å²) in [5, 5.41) is 5.72. The minimum Gasteiger partial charge on any atom is -0.345 e. The first-order chi connectivity index (χ1) is 14.5. The van der Waals surface area contributed by atoms with E-state index in [1.54, 1.807) is 35.0 Å². The van der Waals surface area contributed by atoms with Crippen LogP contribution in [-0.4, -0.2) is 26.2 Å². The summed E-state index contributed by atoms with van der Waals surface area (Å²) in [6, 6.07) is 16.6. The highest BCUT2D eigenvalue weighted by Gasteiger charge is 2.22. The number of nitrogens with one attached hydrogen (secondary N) is 2. The lowest BCUT2D eigenvalue weighted by atomic mass is 10.1. The monoisotopic (exact) mass is 399 g/mol. The number of aryl methyl sites for hydroxylation is 1. The molecule has 0 unspecified atom stereocenters. The molecule has 0 saturated carbocycles. The number of pyridine rings is 2. The second kappa shape index (κ2) is 8.16. The van der Waals surface area contributed by atoms with E-state index in [0.29, 0.717) is 11.2 Å². The molecule has 1 aromatic carbocycles. The molecule has 3 heterocycles. The van der Waals surface area contributed by atoms with Crippen LogP contribution < -0.4 is 10.6 Å². The van der Waals surface area contributed by atoms with Crippen LogP contribution in [0.2, 0.25) is 0 Å². The third kappa shape index (κ3) is 3.77. The van der Waals surface area contributed by atoms with Gasteiger partial charge in [-0.25, -0.2) is 4.98 Å². The largest absolute Gasteiger partial charge is 0.345 e. The molecule has 0 bridgehead atoms. The second-order valence-electron chi connectivity index (χ2n) is 6.95. The average molecular weight is 399 g/mol. The Kier molecular flexibility index (Phi) is 5.26. The van der Waals surface area contributed by atoms with Gasteiger partial charge in [0.25, 0.3) is 11.8 Å². The average Bonchev–Trinajstić information content (AvgIpc) is 3.16. The quantitative estimate of drug-likeness (QED) is 0.537. The van der Waals surface area contributed by atoms with E-state index in [-0.39, 0.29) is 29.9 Å². The summed E-state index contributed by atoms with van der Waals surface area (Å²) < 4.78 is 1.62. The molecule has 4 aromatic rings. The summed E-state index contributed by atoms with van der Waals surface area (Å²) in [6.07, 6.45) is 3.39. The van der Waals surface area contributed by atoms with Crippen molar-refractivity contribution in [2.75, 3.05) is 5.32 Å². The van der Waals surface area contributed by atoms with Gasteiger partial charge in [0.05, 0.1) is 17.8 Å². The number of amides is 2. The molecule has 4 rings (SSSR count). The zero-order chi connectivity index (χ0) is 21.1. The van der Waals surface area contributed by atoms with Crippen molar-refractivity contribution in [3.8, 4) is 0 Å². The molecule has 150 valence electrons. The summed E-state index contributed by atoms with van der Waals surface area (Å²) in [5.41, 5.74) is 4.27. The molecule has 3 aromatic heterocycles. The van der Waals surface area contributed by atoms with Crippen molar-refractivity contribution in [1.29, 1.82) is 0 Å². The number of aromatic nitrogens is 3. The maximum Gasteiger partial charge on any atom is 0.292 e. The van der Waals surface area contributed by atoms with Gasteiger partial charge < -0.3 is 10.6 Å². The molecule has 7 heteroatoms. The van der Waals surface area contributed by atoms with E-state index in [1.165, 1.54) is 0 Å². The van der Waals surface area contributed by atoms with Gasteiger partial charge in [-0.3, -0.25) is 19.0 Å². The van der Waals surface area contributed by atoms with Crippen molar-refractivity contribution >= 4 is 23.0 Å². The van der Waals surface area contributed by atoms with Gasteiger partial charge in [-0.1, -0.05) is 24.3 Å². The Morgan fingerprint density at radius 3 is 2.60 bits per heavy atom. The Morgan fingerprint density at radius 2 is 1.80 bits per heavy atom. The van der Waals surface area contributed by atoms with E-state index in [4.69, 9.17) is 0 Å².